The summed E-state index contributed by atoms with van der Waals surface area (Å²) in [5.74, 6) is 0.669. The van der Waals surface area contributed by atoms with Crippen LogP contribution < -0.4 is 15.2 Å². The molecule has 1 aliphatic heterocycles. The quantitative estimate of drug-likeness (QED) is 0.420. The van der Waals surface area contributed by atoms with Gasteiger partial charge in [-0.2, -0.15) is 5.10 Å². The number of hydrogen-bond donors (Lipinski definition) is 2. The van der Waals surface area contributed by atoms with Gasteiger partial charge in [-0.15, -0.1) is 0 Å². The number of methoxy groups -OCH3 is 1. The molecule has 3 atom stereocenters. The molecule has 37 heavy (non-hydrogen) atoms. The van der Waals surface area contributed by atoms with Crippen LogP contribution >= 0.6 is 23.2 Å². The van der Waals surface area contributed by atoms with Crippen molar-refractivity contribution in [2.24, 2.45) is 11.7 Å². The number of fused-ring (bicyclic) bond motifs is 3. The number of nitrogens with two attached hydrogens (primary N) is 1. The summed E-state index contributed by atoms with van der Waals surface area (Å²) in [5.41, 5.74) is 9.56. The SMILES string of the molecule is COc1cc2c(cc1C1CC1C(N)=O)-c1c(c(C(O)N(C)C(C)(C)C)nn1-c1cc(Cl)cc(Cl)c1)CO2. The highest BCUT2D eigenvalue weighted by Gasteiger charge is 2.45. The monoisotopic (exact) mass is 544 g/mol. The molecule has 5 rings (SSSR count). The molecule has 0 bridgehead atoms. The Morgan fingerprint density at radius 3 is 2.49 bits per heavy atom. The first-order chi connectivity index (χ1) is 17.4. The molecular weight excluding hydrogens is 515 g/mol. The molecule has 3 unspecified atom stereocenters. The molecule has 0 saturated heterocycles. The minimum atomic E-state index is -0.991. The second-order valence-corrected chi connectivity index (χ2v) is 11.5. The van der Waals surface area contributed by atoms with Crippen molar-refractivity contribution in [2.45, 2.75) is 51.5 Å². The van der Waals surface area contributed by atoms with E-state index in [0.717, 1.165) is 22.4 Å². The fourth-order valence-corrected chi connectivity index (χ4v) is 5.36. The van der Waals surface area contributed by atoms with Gasteiger partial charge in [0.05, 0.1) is 18.5 Å². The van der Waals surface area contributed by atoms with Gasteiger partial charge < -0.3 is 20.3 Å². The normalized spacial score (nSPS) is 19.2. The molecule has 10 heteroatoms. The summed E-state index contributed by atoms with van der Waals surface area (Å²) in [4.78, 5) is 13.7. The van der Waals surface area contributed by atoms with Crippen molar-refractivity contribution in [3.8, 4) is 28.4 Å². The second-order valence-electron chi connectivity index (χ2n) is 10.6. The number of hydrogen-bond acceptors (Lipinski definition) is 6. The third-order valence-corrected chi connectivity index (χ3v) is 7.73. The topological polar surface area (TPSA) is 103 Å². The lowest BCUT2D eigenvalue weighted by molar-refractivity contribution is -0.119. The number of amides is 1. The van der Waals surface area contributed by atoms with Gasteiger partial charge in [-0.3, -0.25) is 9.69 Å². The van der Waals surface area contributed by atoms with Crippen molar-refractivity contribution in [3.63, 3.8) is 0 Å². The summed E-state index contributed by atoms with van der Waals surface area (Å²) in [6, 6.07) is 9.02. The number of rotatable bonds is 6. The van der Waals surface area contributed by atoms with E-state index < -0.39 is 6.23 Å². The van der Waals surface area contributed by atoms with E-state index in [9.17, 15) is 9.90 Å². The average molecular weight is 545 g/mol. The molecule has 1 aliphatic carbocycles. The van der Waals surface area contributed by atoms with Gasteiger partial charge in [0.1, 0.15) is 23.8 Å². The Morgan fingerprint density at radius 1 is 1.24 bits per heavy atom. The molecule has 0 spiro atoms. The number of benzene rings is 2. The number of aliphatic hydroxyl groups is 1. The molecule has 2 heterocycles. The van der Waals surface area contributed by atoms with Crippen molar-refractivity contribution in [1.29, 1.82) is 0 Å². The zero-order valence-electron chi connectivity index (χ0n) is 21.4. The predicted octanol–water partition coefficient (Wildman–Crippen LogP) is 5.06. The largest absolute Gasteiger partial charge is 0.496 e. The average Bonchev–Trinajstić information content (AvgIpc) is 3.54. The van der Waals surface area contributed by atoms with E-state index in [4.69, 9.17) is 43.5 Å². The van der Waals surface area contributed by atoms with Crippen molar-refractivity contribution >= 4 is 29.1 Å². The van der Waals surface area contributed by atoms with Crippen LogP contribution in [-0.2, 0) is 11.4 Å². The summed E-state index contributed by atoms with van der Waals surface area (Å²) in [5, 5.41) is 17.2. The van der Waals surface area contributed by atoms with Crippen LogP contribution in [0.4, 0.5) is 0 Å². The van der Waals surface area contributed by atoms with E-state index in [2.05, 4.69) is 0 Å². The number of ether oxygens (including phenoxy) is 2. The van der Waals surface area contributed by atoms with E-state index >= 15 is 0 Å². The highest BCUT2D eigenvalue weighted by molar-refractivity contribution is 6.34. The highest BCUT2D eigenvalue weighted by Crippen LogP contribution is 2.54. The molecular formula is C27H30Cl2N4O4. The molecule has 0 radical (unpaired) electrons. The van der Waals surface area contributed by atoms with E-state index in [1.165, 1.54) is 0 Å². The molecule has 1 fully saturated rings. The first-order valence-corrected chi connectivity index (χ1v) is 12.8. The van der Waals surface area contributed by atoms with Gasteiger partial charge in [-0.05, 0) is 70.0 Å². The van der Waals surface area contributed by atoms with Crippen LogP contribution in [0, 0.1) is 5.92 Å². The lowest BCUT2D eigenvalue weighted by Crippen LogP contribution is -2.41. The van der Waals surface area contributed by atoms with Crippen molar-refractivity contribution < 1.29 is 19.4 Å². The number of primary amides is 1. The number of halogens is 2. The van der Waals surface area contributed by atoms with Crippen LogP contribution in [0.2, 0.25) is 10.0 Å². The van der Waals surface area contributed by atoms with Crippen LogP contribution in [0.25, 0.3) is 16.9 Å². The Bertz CT molecular complexity index is 1380. The maximum Gasteiger partial charge on any atom is 0.221 e. The van der Waals surface area contributed by atoms with Gasteiger partial charge in [0.25, 0.3) is 0 Å². The second kappa shape index (κ2) is 9.20. The fourth-order valence-electron chi connectivity index (χ4n) is 4.84. The third kappa shape index (κ3) is 4.56. The predicted molar refractivity (Wildman–Crippen MR) is 142 cm³/mol. The number of aromatic nitrogens is 2. The maximum atomic E-state index is 11.8. The molecule has 3 aromatic rings. The van der Waals surface area contributed by atoms with Crippen LogP contribution in [0.5, 0.6) is 11.5 Å². The van der Waals surface area contributed by atoms with E-state index in [0.29, 0.717) is 39.3 Å². The summed E-state index contributed by atoms with van der Waals surface area (Å²) in [6.45, 7) is 6.26. The van der Waals surface area contributed by atoms with Gasteiger partial charge in [-0.1, -0.05) is 23.2 Å². The fraction of sp³-hybridized carbons (Fsp3) is 0.407. The van der Waals surface area contributed by atoms with E-state index in [1.807, 2.05) is 44.9 Å². The third-order valence-electron chi connectivity index (χ3n) is 7.29. The van der Waals surface area contributed by atoms with Gasteiger partial charge in [0, 0.05) is 38.7 Å². The van der Waals surface area contributed by atoms with Crippen LogP contribution in [-0.4, -0.2) is 45.4 Å². The number of carbonyl (C=O) groups is 1. The summed E-state index contributed by atoms with van der Waals surface area (Å²) >= 11 is 12.7. The highest BCUT2D eigenvalue weighted by atomic mass is 35.5. The number of carbonyl (C=O) groups excluding carboxylic acids is 1. The van der Waals surface area contributed by atoms with Gasteiger partial charge >= 0.3 is 0 Å². The van der Waals surface area contributed by atoms with Crippen LogP contribution in [0.15, 0.2) is 30.3 Å². The van der Waals surface area contributed by atoms with Crippen molar-refractivity contribution in [1.82, 2.24) is 14.7 Å². The Kier molecular flexibility index (Phi) is 6.43. The standard InChI is InChI=1S/C27H30Cl2N4O4/c1-27(2,3)32(4)26(35)23-20-12-37-22-11-21(36-5)17(16-9-18(16)25(30)34)10-19(22)24(20)33(31-23)15-7-13(28)6-14(29)8-15/h6-8,10-11,16,18,26,35H,9,12H2,1-5H3,(H2,30,34). The minimum Gasteiger partial charge on any atom is -0.496 e. The summed E-state index contributed by atoms with van der Waals surface area (Å²) in [6.07, 6.45) is -0.322. The zero-order chi connectivity index (χ0) is 26.8. The molecule has 2 aromatic carbocycles. The smallest absolute Gasteiger partial charge is 0.221 e. The first kappa shape index (κ1) is 25.9. The van der Waals surface area contributed by atoms with E-state index in [-0.39, 0.29) is 29.9 Å². The lowest BCUT2D eigenvalue weighted by Gasteiger charge is -2.35. The lowest BCUT2D eigenvalue weighted by atomic mass is 9.96. The Hall–Kier alpha value is -2.78. The molecule has 2 aliphatic rings. The van der Waals surface area contributed by atoms with Crippen LogP contribution in [0.1, 0.15) is 56.2 Å². The maximum absolute atomic E-state index is 11.8. The molecule has 3 N–H and O–H groups in total. The molecule has 8 nitrogen and oxygen atoms in total. The summed E-state index contributed by atoms with van der Waals surface area (Å²) < 4.78 is 13.6. The molecule has 1 aromatic heterocycles. The minimum absolute atomic E-state index is 0.0304. The van der Waals surface area contributed by atoms with Gasteiger partial charge in [0.2, 0.25) is 5.91 Å². The zero-order valence-corrected chi connectivity index (χ0v) is 22.9. The van der Waals surface area contributed by atoms with Crippen molar-refractivity contribution in [2.75, 3.05) is 14.2 Å². The Labute approximate surface area is 225 Å². The molecule has 1 amide bonds. The van der Waals surface area contributed by atoms with Crippen molar-refractivity contribution in [3.05, 3.63) is 57.2 Å². The van der Waals surface area contributed by atoms with Gasteiger partial charge in [0.15, 0.2) is 6.23 Å². The molecule has 1 saturated carbocycles. The molecule has 196 valence electrons. The Balaban J connectivity index is 1.74. The first-order valence-electron chi connectivity index (χ1n) is 12.0. The Morgan fingerprint density at radius 2 is 1.92 bits per heavy atom. The van der Waals surface area contributed by atoms with E-state index in [1.54, 1.807) is 30.0 Å². The summed E-state index contributed by atoms with van der Waals surface area (Å²) in [7, 11) is 3.44. The van der Waals surface area contributed by atoms with Gasteiger partial charge in [-0.25, -0.2) is 4.68 Å². The number of aliphatic hydroxyl groups excluding tert-OH is 1. The number of nitrogens with zero attached hydrogens (tertiary/aromatic N) is 3. The van der Waals surface area contributed by atoms with Crippen LogP contribution in [0.3, 0.4) is 0 Å².